The highest BCUT2D eigenvalue weighted by atomic mass is 32.1. The molecule has 0 radical (unpaired) electrons. The predicted molar refractivity (Wildman–Crippen MR) is 113 cm³/mol. The normalized spacial score (nSPS) is 10.7. The van der Waals surface area contributed by atoms with Gasteiger partial charge in [-0.3, -0.25) is 9.36 Å². The number of thiophene rings is 1. The first-order chi connectivity index (χ1) is 13.7. The van der Waals surface area contributed by atoms with E-state index in [-0.39, 0.29) is 12.1 Å². The lowest BCUT2D eigenvalue weighted by Crippen LogP contribution is -2.26. The first-order valence-corrected chi connectivity index (χ1v) is 9.79. The summed E-state index contributed by atoms with van der Waals surface area (Å²) < 4.78 is 1.46. The van der Waals surface area contributed by atoms with E-state index in [9.17, 15) is 10.1 Å². The summed E-state index contributed by atoms with van der Waals surface area (Å²) in [6.07, 6.45) is 0. The van der Waals surface area contributed by atoms with Gasteiger partial charge in [-0.25, -0.2) is 4.98 Å². The number of anilines is 1. The van der Waals surface area contributed by atoms with E-state index in [1.807, 2.05) is 66.9 Å². The minimum Gasteiger partial charge on any atom is -0.378 e. The maximum Gasteiger partial charge on any atom is 0.263 e. The second-order valence-corrected chi connectivity index (χ2v) is 7.35. The Kier molecular flexibility index (Phi) is 4.92. The van der Waals surface area contributed by atoms with Crippen molar-refractivity contribution in [2.45, 2.75) is 20.0 Å². The zero-order valence-electron chi connectivity index (χ0n) is 15.3. The third-order valence-corrected chi connectivity index (χ3v) is 5.46. The Labute approximate surface area is 166 Å². The van der Waals surface area contributed by atoms with Crippen molar-refractivity contribution in [3.8, 4) is 17.2 Å². The Bertz CT molecular complexity index is 1220. The maximum absolute atomic E-state index is 13.2. The van der Waals surface area contributed by atoms with Crippen LogP contribution >= 0.6 is 11.3 Å². The van der Waals surface area contributed by atoms with Crippen LogP contribution in [0.3, 0.4) is 0 Å². The summed E-state index contributed by atoms with van der Waals surface area (Å²) >= 11 is 1.45. The number of nitriles is 1. The van der Waals surface area contributed by atoms with Crippen molar-refractivity contribution < 1.29 is 0 Å². The molecule has 1 N–H and O–H groups in total. The molecule has 0 aliphatic carbocycles. The van der Waals surface area contributed by atoms with Crippen LogP contribution in [0, 0.1) is 18.3 Å². The lowest BCUT2D eigenvalue weighted by atomic mass is 10.1. The fourth-order valence-corrected chi connectivity index (χ4v) is 4.07. The summed E-state index contributed by atoms with van der Waals surface area (Å²) in [5.41, 5.74) is 3.79. The molecule has 0 fully saturated rings. The smallest absolute Gasteiger partial charge is 0.263 e. The molecule has 4 rings (SSSR count). The van der Waals surface area contributed by atoms with Crippen LogP contribution in [0.5, 0.6) is 0 Å². The van der Waals surface area contributed by atoms with E-state index in [1.54, 1.807) is 0 Å². The van der Waals surface area contributed by atoms with Crippen LogP contribution in [0.15, 0.2) is 64.8 Å². The third-order valence-electron chi connectivity index (χ3n) is 4.59. The number of aryl methyl sites for hydroxylation is 1. The van der Waals surface area contributed by atoms with Gasteiger partial charge in [0.25, 0.3) is 5.56 Å². The Balaban J connectivity index is 1.77. The van der Waals surface area contributed by atoms with Crippen LogP contribution in [0.25, 0.3) is 21.3 Å². The lowest BCUT2D eigenvalue weighted by Gasteiger charge is -2.12. The van der Waals surface area contributed by atoms with Crippen LogP contribution in [0.4, 0.5) is 5.69 Å². The van der Waals surface area contributed by atoms with Crippen LogP contribution in [-0.2, 0) is 13.1 Å². The Hall–Kier alpha value is -3.43. The van der Waals surface area contributed by atoms with Crippen molar-refractivity contribution in [2.24, 2.45) is 0 Å². The van der Waals surface area contributed by atoms with Crippen molar-refractivity contribution in [2.75, 3.05) is 5.32 Å². The molecule has 2 heterocycles. The second kappa shape index (κ2) is 7.67. The summed E-state index contributed by atoms with van der Waals surface area (Å²) in [5.74, 6) is 0.557. The fourth-order valence-electron chi connectivity index (χ4n) is 3.12. The molecule has 0 saturated carbocycles. The van der Waals surface area contributed by atoms with Gasteiger partial charge in [-0.15, -0.1) is 11.3 Å². The van der Waals surface area contributed by atoms with Crippen molar-refractivity contribution in [3.63, 3.8) is 0 Å². The quantitative estimate of drug-likeness (QED) is 0.545. The molecule has 0 unspecified atom stereocenters. The van der Waals surface area contributed by atoms with Crippen LogP contribution in [-0.4, -0.2) is 9.55 Å². The molecule has 0 atom stereocenters. The first-order valence-electron chi connectivity index (χ1n) is 8.91. The average molecular weight is 386 g/mol. The van der Waals surface area contributed by atoms with Gasteiger partial charge in [-0.1, -0.05) is 48.0 Å². The lowest BCUT2D eigenvalue weighted by molar-refractivity contribution is 0.710. The number of benzene rings is 2. The molecule has 0 bridgehead atoms. The zero-order chi connectivity index (χ0) is 19.5. The molecule has 0 saturated heterocycles. The van der Waals surface area contributed by atoms with Gasteiger partial charge in [-0.05, 0) is 24.6 Å². The molecule has 2 aromatic heterocycles. The maximum atomic E-state index is 13.2. The van der Waals surface area contributed by atoms with E-state index in [1.165, 1.54) is 21.5 Å². The van der Waals surface area contributed by atoms with Gasteiger partial charge in [0, 0.05) is 16.6 Å². The summed E-state index contributed by atoms with van der Waals surface area (Å²) in [6.45, 7) is 2.37. The number of hydrogen-bond donors (Lipinski definition) is 1. The zero-order valence-corrected chi connectivity index (χ0v) is 16.2. The molecule has 138 valence electrons. The van der Waals surface area contributed by atoms with Gasteiger partial charge >= 0.3 is 0 Å². The van der Waals surface area contributed by atoms with Crippen molar-refractivity contribution >= 4 is 27.2 Å². The molecule has 6 heteroatoms. The van der Waals surface area contributed by atoms with E-state index in [4.69, 9.17) is 4.98 Å². The second-order valence-electron chi connectivity index (χ2n) is 6.49. The Morgan fingerprint density at radius 1 is 1.14 bits per heavy atom. The van der Waals surface area contributed by atoms with Gasteiger partial charge in [-0.2, -0.15) is 5.26 Å². The van der Waals surface area contributed by atoms with Crippen molar-refractivity contribution in [1.29, 1.82) is 5.26 Å². The monoisotopic (exact) mass is 386 g/mol. The topological polar surface area (TPSA) is 70.7 Å². The van der Waals surface area contributed by atoms with Crippen LogP contribution in [0.1, 0.15) is 11.4 Å². The number of nitrogens with zero attached hydrogens (tertiary/aromatic N) is 3. The molecule has 28 heavy (non-hydrogen) atoms. The number of rotatable bonds is 5. The Morgan fingerprint density at radius 3 is 2.61 bits per heavy atom. The number of fused-ring (bicyclic) bond motifs is 1. The number of aromatic nitrogens is 2. The summed E-state index contributed by atoms with van der Waals surface area (Å²) in [4.78, 5) is 18.6. The average Bonchev–Trinajstić information content (AvgIpc) is 3.15. The molecule has 4 aromatic rings. The van der Waals surface area contributed by atoms with Crippen LogP contribution < -0.4 is 10.9 Å². The van der Waals surface area contributed by atoms with Gasteiger partial charge < -0.3 is 5.32 Å². The van der Waals surface area contributed by atoms with Crippen LogP contribution in [0.2, 0.25) is 0 Å². The molecule has 5 nitrogen and oxygen atoms in total. The number of hydrogen-bond acceptors (Lipinski definition) is 5. The van der Waals surface area contributed by atoms with E-state index < -0.39 is 0 Å². The SMILES string of the molecule is Cc1ccc(NCc2nc3scc(-c4ccccc4)c3c(=O)n2CC#N)cc1. The molecular weight excluding hydrogens is 368 g/mol. The largest absolute Gasteiger partial charge is 0.378 e. The molecule has 0 aliphatic rings. The minimum atomic E-state index is -0.174. The molecule has 2 aromatic carbocycles. The highest BCUT2D eigenvalue weighted by Gasteiger charge is 2.16. The van der Waals surface area contributed by atoms with E-state index in [2.05, 4.69) is 11.4 Å². The summed E-state index contributed by atoms with van der Waals surface area (Å²) in [7, 11) is 0. The predicted octanol–water partition coefficient (Wildman–Crippen LogP) is 4.57. The standard InChI is InChI=1S/C22H18N4OS/c1-15-7-9-17(10-8-15)24-13-19-25-21-20(22(27)26(19)12-11-23)18(14-28-21)16-5-3-2-4-6-16/h2-10,14,24H,12-13H2,1H3. The highest BCUT2D eigenvalue weighted by Crippen LogP contribution is 2.30. The summed E-state index contributed by atoms with van der Waals surface area (Å²) in [5, 5.41) is 15.1. The third kappa shape index (κ3) is 3.40. The van der Waals surface area contributed by atoms with Crippen molar-refractivity contribution in [3.05, 3.63) is 81.7 Å². The summed E-state index contributed by atoms with van der Waals surface area (Å²) in [6, 6.07) is 19.9. The molecule has 0 amide bonds. The van der Waals surface area contributed by atoms with Gasteiger partial charge in [0.2, 0.25) is 0 Å². The fraction of sp³-hybridized carbons (Fsp3) is 0.136. The number of nitrogens with one attached hydrogen (secondary N) is 1. The van der Waals surface area contributed by atoms with Gasteiger partial charge in [0.15, 0.2) is 0 Å². The van der Waals surface area contributed by atoms with Gasteiger partial charge in [0.05, 0.1) is 18.0 Å². The van der Waals surface area contributed by atoms with Crippen molar-refractivity contribution in [1.82, 2.24) is 9.55 Å². The first kappa shape index (κ1) is 18.0. The highest BCUT2D eigenvalue weighted by molar-refractivity contribution is 7.17. The van der Waals surface area contributed by atoms with E-state index in [0.29, 0.717) is 22.6 Å². The molecule has 0 spiro atoms. The van der Waals surface area contributed by atoms with E-state index >= 15 is 0 Å². The minimum absolute atomic E-state index is 0.0310. The molecular formula is C22H18N4OS. The molecule has 0 aliphatic heterocycles. The van der Waals surface area contributed by atoms with Gasteiger partial charge in [0.1, 0.15) is 17.2 Å². The Morgan fingerprint density at radius 2 is 1.89 bits per heavy atom. The van der Waals surface area contributed by atoms with E-state index in [0.717, 1.165) is 16.8 Å².